The predicted octanol–water partition coefficient (Wildman–Crippen LogP) is 4.99. The zero-order valence-corrected chi connectivity index (χ0v) is 14.8. The molecule has 1 heterocycles. The molecule has 2 aromatic carbocycles. The SMILES string of the molecule is Cc1ccc[n+](CC(=O)c2ccc(Cl)cc2)c1/C=C/c1ccccc1. The van der Waals surface area contributed by atoms with E-state index in [1.807, 2.05) is 48.0 Å². The van der Waals surface area contributed by atoms with Crippen molar-refractivity contribution in [2.24, 2.45) is 0 Å². The van der Waals surface area contributed by atoms with Crippen molar-refractivity contribution in [1.82, 2.24) is 0 Å². The van der Waals surface area contributed by atoms with Crippen LogP contribution in [0.25, 0.3) is 12.2 Å². The number of ketones is 1. The fourth-order valence-corrected chi connectivity index (χ4v) is 2.80. The van der Waals surface area contributed by atoms with E-state index in [0.29, 0.717) is 10.6 Å². The van der Waals surface area contributed by atoms with Crippen molar-refractivity contribution < 1.29 is 9.36 Å². The number of aromatic nitrogens is 1. The smallest absolute Gasteiger partial charge is 0.227 e. The summed E-state index contributed by atoms with van der Waals surface area (Å²) in [6.07, 6.45) is 6.05. The highest BCUT2D eigenvalue weighted by atomic mass is 35.5. The number of hydrogen-bond donors (Lipinski definition) is 0. The lowest BCUT2D eigenvalue weighted by atomic mass is 10.1. The number of benzene rings is 2. The average Bonchev–Trinajstić information content (AvgIpc) is 2.62. The standard InChI is InChI=1S/C22H19ClNO/c1-17-6-5-15-24(16-22(25)19-10-12-20(23)13-11-19)21(17)14-9-18-7-3-2-4-8-18/h2-15H,16H2,1H3/q+1/b14-9+. The molecule has 0 bridgehead atoms. The molecule has 0 atom stereocenters. The molecule has 0 aliphatic heterocycles. The molecule has 0 spiro atoms. The van der Waals surface area contributed by atoms with E-state index in [9.17, 15) is 4.79 Å². The van der Waals surface area contributed by atoms with Gasteiger partial charge in [0.2, 0.25) is 18.0 Å². The summed E-state index contributed by atoms with van der Waals surface area (Å²) < 4.78 is 1.98. The maximum atomic E-state index is 12.6. The first-order valence-electron chi connectivity index (χ1n) is 8.14. The van der Waals surface area contributed by atoms with Gasteiger partial charge in [-0.1, -0.05) is 41.9 Å². The van der Waals surface area contributed by atoms with E-state index in [4.69, 9.17) is 11.6 Å². The highest BCUT2D eigenvalue weighted by Gasteiger charge is 2.16. The Morgan fingerprint density at radius 3 is 2.40 bits per heavy atom. The Morgan fingerprint density at radius 1 is 0.960 bits per heavy atom. The molecule has 1 aromatic heterocycles. The molecular weight excluding hydrogens is 330 g/mol. The Labute approximate surface area is 153 Å². The van der Waals surface area contributed by atoms with Gasteiger partial charge in [-0.05, 0) is 48.9 Å². The van der Waals surface area contributed by atoms with E-state index < -0.39 is 0 Å². The minimum atomic E-state index is 0.0571. The molecule has 3 aromatic rings. The molecule has 0 N–H and O–H groups in total. The molecule has 0 aliphatic carbocycles. The molecule has 0 saturated carbocycles. The van der Waals surface area contributed by atoms with E-state index in [-0.39, 0.29) is 12.3 Å². The second-order valence-electron chi connectivity index (χ2n) is 5.88. The minimum absolute atomic E-state index is 0.0571. The molecule has 3 heteroatoms. The van der Waals surface area contributed by atoms with E-state index in [1.54, 1.807) is 24.3 Å². The van der Waals surface area contributed by atoms with E-state index in [2.05, 4.69) is 24.3 Å². The third-order valence-electron chi connectivity index (χ3n) is 4.04. The maximum absolute atomic E-state index is 12.6. The van der Waals surface area contributed by atoms with Crippen LogP contribution in [0.3, 0.4) is 0 Å². The van der Waals surface area contributed by atoms with Crippen molar-refractivity contribution in [2.75, 3.05) is 0 Å². The number of hydrogen-bond acceptors (Lipinski definition) is 1. The van der Waals surface area contributed by atoms with Gasteiger partial charge in [-0.25, -0.2) is 0 Å². The number of halogens is 1. The van der Waals surface area contributed by atoms with Gasteiger partial charge >= 0.3 is 0 Å². The van der Waals surface area contributed by atoms with Gasteiger partial charge in [0.1, 0.15) is 0 Å². The monoisotopic (exact) mass is 348 g/mol. The highest BCUT2D eigenvalue weighted by Crippen LogP contribution is 2.12. The Morgan fingerprint density at radius 2 is 1.68 bits per heavy atom. The molecule has 25 heavy (non-hydrogen) atoms. The average molecular weight is 349 g/mol. The van der Waals surface area contributed by atoms with E-state index >= 15 is 0 Å². The zero-order chi connectivity index (χ0) is 17.6. The van der Waals surface area contributed by atoms with Crippen LogP contribution in [0.2, 0.25) is 5.02 Å². The van der Waals surface area contributed by atoms with Gasteiger partial charge in [0, 0.05) is 28.3 Å². The molecule has 124 valence electrons. The van der Waals surface area contributed by atoms with Crippen LogP contribution >= 0.6 is 11.6 Å². The molecule has 0 saturated heterocycles. The number of Topliss-reactive ketones (excluding diaryl/α,β-unsaturated/α-hetero) is 1. The van der Waals surface area contributed by atoms with Gasteiger partial charge in [-0.3, -0.25) is 4.79 Å². The number of carbonyl (C=O) groups is 1. The number of pyridine rings is 1. The lowest BCUT2D eigenvalue weighted by Crippen LogP contribution is -2.41. The van der Waals surface area contributed by atoms with Crippen LogP contribution in [-0.2, 0) is 6.54 Å². The lowest BCUT2D eigenvalue weighted by Gasteiger charge is -2.04. The van der Waals surface area contributed by atoms with Gasteiger partial charge in [0.05, 0.1) is 0 Å². The largest absolute Gasteiger partial charge is 0.287 e. The number of nitrogens with zero attached hydrogens (tertiary/aromatic N) is 1. The van der Waals surface area contributed by atoms with Crippen molar-refractivity contribution in [2.45, 2.75) is 13.5 Å². The molecule has 0 aliphatic rings. The van der Waals surface area contributed by atoms with Gasteiger partial charge in [0.25, 0.3) is 0 Å². The van der Waals surface area contributed by atoms with Gasteiger partial charge in [-0.2, -0.15) is 4.57 Å². The Balaban J connectivity index is 1.87. The van der Waals surface area contributed by atoms with Crippen molar-refractivity contribution in [3.8, 4) is 0 Å². The van der Waals surface area contributed by atoms with Crippen molar-refractivity contribution in [1.29, 1.82) is 0 Å². The highest BCUT2D eigenvalue weighted by molar-refractivity contribution is 6.30. The predicted molar refractivity (Wildman–Crippen MR) is 103 cm³/mol. The van der Waals surface area contributed by atoms with Crippen molar-refractivity contribution >= 4 is 29.5 Å². The quantitative estimate of drug-likeness (QED) is 0.470. The molecule has 0 fully saturated rings. The number of carbonyl (C=O) groups excluding carboxylic acids is 1. The molecule has 3 rings (SSSR count). The van der Waals surface area contributed by atoms with Crippen LogP contribution in [0.15, 0.2) is 72.9 Å². The number of aryl methyl sites for hydroxylation is 1. The van der Waals surface area contributed by atoms with Crippen LogP contribution in [0, 0.1) is 6.92 Å². The molecule has 0 amide bonds. The summed E-state index contributed by atoms with van der Waals surface area (Å²) >= 11 is 5.90. The first-order valence-corrected chi connectivity index (χ1v) is 8.52. The molecule has 0 radical (unpaired) electrons. The lowest BCUT2D eigenvalue weighted by molar-refractivity contribution is -0.685. The maximum Gasteiger partial charge on any atom is 0.227 e. The van der Waals surface area contributed by atoms with Crippen LogP contribution in [0.5, 0.6) is 0 Å². The topological polar surface area (TPSA) is 20.9 Å². The van der Waals surface area contributed by atoms with Gasteiger partial charge in [0.15, 0.2) is 6.20 Å². The fourth-order valence-electron chi connectivity index (χ4n) is 2.67. The van der Waals surface area contributed by atoms with Crippen LogP contribution in [0.4, 0.5) is 0 Å². The van der Waals surface area contributed by atoms with Crippen molar-refractivity contribution in [3.05, 3.63) is 100 Å². The van der Waals surface area contributed by atoms with Crippen molar-refractivity contribution in [3.63, 3.8) is 0 Å². The van der Waals surface area contributed by atoms with Crippen LogP contribution in [0.1, 0.15) is 27.2 Å². The van der Waals surface area contributed by atoms with Crippen LogP contribution < -0.4 is 4.57 Å². The summed E-state index contributed by atoms with van der Waals surface area (Å²) in [5.74, 6) is 0.0571. The molecule has 0 unspecified atom stereocenters. The second kappa shape index (κ2) is 7.91. The summed E-state index contributed by atoms with van der Waals surface area (Å²) in [6.45, 7) is 2.34. The Hall–Kier alpha value is -2.71. The zero-order valence-electron chi connectivity index (χ0n) is 14.0. The summed E-state index contributed by atoms with van der Waals surface area (Å²) in [6, 6.07) is 21.1. The summed E-state index contributed by atoms with van der Waals surface area (Å²) in [5, 5.41) is 0.631. The fraction of sp³-hybridized carbons (Fsp3) is 0.0909. The summed E-state index contributed by atoms with van der Waals surface area (Å²) in [4.78, 5) is 12.6. The second-order valence-corrected chi connectivity index (χ2v) is 6.31. The Kier molecular flexibility index (Phi) is 5.42. The minimum Gasteiger partial charge on any atom is -0.287 e. The summed E-state index contributed by atoms with van der Waals surface area (Å²) in [7, 11) is 0. The van der Waals surface area contributed by atoms with E-state index in [1.165, 1.54) is 0 Å². The third kappa shape index (κ3) is 4.43. The van der Waals surface area contributed by atoms with Crippen LogP contribution in [-0.4, -0.2) is 5.78 Å². The molecule has 2 nitrogen and oxygen atoms in total. The third-order valence-corrected chi connectivity index (χ3v) is 4.29. The first-order chi connectivity index (χ1) is 12.1. The van der Waals surface area contributed by atoms with Gasteiger partial charge < -0.3 is 0 Å². The first kappa shape index (κ1) is 17.1. The van der Waals surface area contributed by atoms with E-state index in [0.717, 1.165) is 16.8 Å². The number of rotatable bonds is 5. The summed E-state index contributed by atoms with van der Waals surface area (Å²) in [5.41, 5.74) is 3.94. The molecular formula is C22H19ClNO+. The van der Waals surface area contributed by atoms with Gasteiger partial charge in [-0.15, -0.1) is 0 Å². The Bertz CT molecular complexity index is 899. The normalized spacial score (nSPS) is 11.0.